The molecule has 0 saturated heterocycles. The smallest absolute Gasteiger partial charge is 0.343 e. The number of esters is 6. The average molecular weight is 1260 g/mol. The van der Waals surface area contributed by atoms with E-state index < -0.39 is 35.8 Å². The molecule has 0 fully saturated rings. The first-order valence-electron chi connectivity index (χ1n) is 29.8. The van der Waals surface area contributed by atoms with E-state index in [9.17, 15) is 28.8 Å². The highest BCUT2D eigenvalue weighted by atomic mass is 16.6. The van der Waals surface area contributed by atoms with Crippen molar-refractivity contribution in [3.63, 3.8) is 0 Å². The Kier molecular flexibility index (Phi) is 16.2. The van der Waals surface area contributed by atoms with Crippen LogP contribution in [0.5, 0.6) is 63.2 Å². The van der Waals surface area contributed by atoms with Crippen molar-refractivity contribution in [3.05, 3.63) is 253 Å². The van der Waals surface area contributed by atoms with Crippen LogP contribution in [0.15, 0.2) is 170 Å². The molecule has 0 heterocycles. The van der Waals surface area contributed by atoms with Gasteiger partial charge in [-0.2, -0.15) is 0 Å². The Bertz CT molecular complexity index is 4680. The lowest BCUT2D eigenvalue weighted by Crippen LogP contribution is -2.13. The lowest BCUT2D eigenvalue weighted by Gasteiger charge is -2.18. The maximum Gasteiger partial charge on any atom is 0.343 e. The molecule has 13 rings (SSSR count). The van der Waals surface area contributed by atoms with Gasteiger partial charge < -0.3 is 52.1 Å². The molecule has 468 valence electrons. The van der Waals surface area contributed by atoms with E-state index in [-0.39, 0.29) is 81.6 Å². The van der Waals surface area contributed by atoms with Crippen molar-refractivity contribution in [1.29, 1.82) is 0 Å². The van der Waals surface area contributed by atoms with Gasteiger partial charge in [0.25, 0.3) is 0 Å². The quantitative estimate of drug-likeness (QED) is 0.0614. The number of carbonyl (C=O) groups is 6. The van der Waals surface area contributed by atoms with Crippen molar-refractivity contribution in [2.75, 3.05) is 35.5 Å². The van der Waals surface area contributed by atoms with Gasteiger partial charge in [0, 0.05) is 0 Å². The van der Waals surface area contributed by atoms with E-state index in [0.29, 0.717) is 67.7 Å². The highest BCUT2D eigenvalue weighted by molar-refractivity contribution is 6.04. The number of carbonyl (C=O) groups excluding carboxylic acids is 6. The van der Waals surface area contributed by atoms with Crippen LogP contribution in [0.2, 0.25) is 0 Å². The van der Waals surface area contributed by atoms with Crippen LogP contribution >= 0.6 is 0 Å². The minimum absolute atomic E-state index is 0.0195. The molecule has 3 aliphatic rings. The fraction of sp³-hybridized carbons (Fsp3) is 0.143. The summed E-state index contributed by atoms with van der Waals surface area (Å²) in [6.45, 7) is 5.80. The molecule has 17 nitrogen and oxygen atoms in total. The molecule has 3 aliphatic carbocycles. The minimum atomic E-state index is -0.752. The van der Waals surface area contributed by atoms with Crippen molar-refractivity contribution < 1.29 is 80.9 Å². The van der Waals surface area contributed by atoms with Crippen LogP contribution in [0.3, 0.4) is 0 Å². The maximum atomic E-state index is 14.4. The molecule has 0 bridgehead atoms. The Hall–Kier alpha value is -12.0. The summed E-state index contributed by atoms with van der Waals surface area (Å²) < 4.78 is 64.3. The third-order valence-corrected chi connectivity index (χ3v) is 17.2. The first kappa shape index (κ1) is 60.9. The third kappa shape index (κ3) is 11.5. The molecule has 0 N–H and O–H groups in total. The summed E-state index contributed by atoms with van der Waals surface area (Å²) >= 11 is 0. The normalized spacial score (nSPS) is 11.7. The van der Waals surface area contributed by atoms with E-state index in [1.165, 1.54) is 35.5 Å². The van der Waals surface area contributed by atoms with Crippen LogP contribution in [0, 0.1) is 20.8 Å². The number of benzene rings is 10. The largest absolute Gasteiger partial charge is 0.497 e. The zero-order valence-electron chi connectivity index (χ0n) is 52.2. The first-order chi connectivity index (χ1) is 45.5. The molecule has 94 heavy (non-hydrogen) atoms. The second-order valence-electron chi connectivity index (χ2n) is 22.7. The van der Waals surface area contributed by atoms with Gasteiger partial charge in [0.1, 0.15) is 28.7 Å². The summed E-state index contributed by atoms with van der Waals surface area (Å²) in [7, 11) is 7.57. The van der Waals surface area contributed by atoms with Gasteiger partial charge in [0.05, 0.1) is 68.9 Å². The van der Waals surface area contributed by atoms with Crippen molar-refractivity contribution in [2.45, 2.75) is 40.0 Å². The highest BCUT2D eigenvalue weighted by Crippen LogP contribution is 2.60. The van der Waals surface area contributed by atoms with Gasteiger partial charge in [-0.25, -0.2) is 28.8 Å². The van der Waals surface area contributed by atoms with E-state index >= 15 is 0 Å². The predicted octanol–water partition coefficient (Wildman–Crippen LogP) is 14.7. The van der Waals surface area contributed by atoms with E-state index in [0.717, 1.165) is 50.1 Å². The third-order valence-electron chi connectivity index (χ3n) is 17.2. The summed E-state index contributed by atoms with van der Waals surface area (Å²) in [5, 5.41) is 0. The Morgan fingerprint density at radius 1 is 0.266 bits per heavy atom. The van der Waals surface area contributed by atoms with Crippen LogP contribution in [0.1, 0.15) is 112 Å². The molecule has 10 aromatic carbocycles. The zero-order chi connectivity index (χ0) is 65.6. The van der Waals surface area contributed by atoms with Gasteiger partial charge >= 0.3 is 35.8 Å². The number of rotatable bonds is 17. The predicted molar refractivity (Wildman–Crippen MR) is 347 cm³/mol. The second kappa shape index (κ2) is 25.0. The number of aryl methyl sites for hydroxylation is 2. The minimum Gasteiger partial charge on any atom is -0.497 e. The molecule has 0 atom stereocenters. The Morgan fingerprint density at radius 2 is 0.468 bits per heavy atom. The maximum absolute atomic E-state index is 14.4. The van der Waals surface area contributed by atoms with Gasteiger partial charge in [-0.3, -0.25) is 0 Å². The molecule has 0 spiro atoms. The highest BCUT2D eigenvalue weighted by Gasteiger charge is 2.40. The summed E-state index contributed by atoms with van der Waals surface area (Å²) in [5.74, 6) is -2.11. The van der Waals surface area contributed by atoms with Gasteiger partial charge in [-0.1, -0.05) is 0 Å². The summed E-state index contributed by atoms with van der Waals surface area (Å²) in [5.41, 5.74) is 12.8. The molecule has 0 unspecified atom stereocenters. The number of ether oxygens (including phenoxy) is 11. The summed E-state index contributed by atoms with van der Waals surface area (Å²) in [4.78, 5) is 85.7. The molecule has 0 aliphatic heterocycles. The zero-order valence-corrected chi connectivity index (χ0v) is 52.2. The van der Waals surface area contributed by atoms with Gasteiger partial charge in [0.2, 0.25) is 0 Å². The molecule has 10 aromatic rings. The SMILES string of the molecule is COc1ccc(C(=O)Oc2cc3c(cc2OC(=O)c2ccc(OC)cc2)-c2c(c4c(c5c2Cc2cc(OC(=O)c6cc(C)c(C)c(C)c6)c(OC(=O)c6ccc(OC)cc6)cc2-5)Cc2cc(OC(=O)c5ccc(OC)cc5)c(OC(=O)c5ccc(OC)cc5)cc2-4)C3)cc1. The van der Waals surface area contributed by atoms with E-state index in [2.05, 4.69) is 0 Å². The van der Waals surface area contributed by atoms with Crippen LogP contribution < -0.4 is 52.1 Å². The van der Waals surface area contributed by atoms with Crippen molar-refractivity contribution in [3.8, 4) is 96.6 Å². The Balaban J connectivity index is 1.01. The Morgan fingerprint density at radius 3 is 0.681 bits per heavy atom. The first-order valence-corrected chi connectivity index (χ1v) is 29.8. The molecule has 0 saturated carbocycles. The Labute approximate surface area is 539 Å². The van der Waals surface area contributed by atoms with Crippen LogP contribution in [0.4, 0.5) is 0 Å². The molecular formula is C77H58O17. The molecule has 0 radical (unpaired) electrons. The van der Waals surface area contributed by atoms with Crippen LogP contribution in [-0.2, 0) is 19.3 Å². The fourth-order valence-electron chi connectivity index (χ4n) is 12.2. The number of fused-ring (bicyclic) bond motifs is 12. The molecule has 0 amide bonds. The number of hydrogen-bond acceptors (Lipinski definition) is 17. The van der Waals surface area contributed by atoms with Crippen molar-refractivity contribution >= 4 is 35.8 Å². The van der Waals surface area contributed by atoms with Crippen molar-refractivity contribution in [1.82, 2.24) is 0 Å². The van der Waals surface area contributed by atoms with E-state index in [1.807, 2.05) is 20.8 Å². The van der Waals surface area contributed by atoms with Crippen LogP contribution in [-0.4, -0.2) is 71.4 Å². The standard InChI is InChI=1S/C77H58O17/c1-40-29-51(30-41(2)42(40)3)77(83)91-65-36-50-33-62-70-58-38-67(93-75(81)46-15-25-55(87-7)26-16-46)63(89-72(78)43-9-19-52(84-4)20-10-43)34-48(58)31-60(70)69-57-37-66(92-74(80)45-13-23-54(86-6)24-14-45)64(90-73(79)44-11-21-53(85-5)22-12-44)35-49(57)32-61(69)71(62)59(50)39-68(65)94-76(82)47-17-27-56(88-8)28-18-47/h9-30,34-39H,31-33H2,1-8H3. The average Bonchev–Trinajstić information content (AvgIpc) is 1.53. The molecular weight excluding hydrogens is 1200 g/mol. The number of methoxy groups -OCH3 is 5. The molecule has 17 heteroatoms. The van der Waals surface area contributed by atoms with Gasteiger partial charge in [-0.15, -0.1) is 0 Å². The van der Waals surface area contributed by atoms with Gasteiger partial charge in [0.15, 0.2) is 34.5 Å². The monoisotopic (exact) mass is 1250 g/mol. The topological polar surface area (TPSA) is 204 Å². The van der Waals surface area contributed by atoms with Crippen LogP contribution in [0.25, 0.3) is 33.4 Å². The number of hydrogen-bond donors (Lipinski definition) is 0. The summed E-state index contributed by atoms with van der Waals surface area (Å²) in [6, 6.07) is 45.6. The molecule has 0 aromatic heterocycles. The lowest BCUT2D eigenvalue weighted by molar-refractivity contribution is 0.0682. The van der Waals surface area contributed by atoms with E-state index in [4.69, 9.17) is 52.1 Å². The lowest BCUT2D eigenvalue weighted by atomic mass is 9.86. The van der Waals surface area contributed by atoms with Gasteiger partial charge in [-0.05, 0) is 293 Å². The van der Waals surface area contributed by atoms with Crippen molar-refractivity contribution in [2.24, 2.45) is 0 Å². The fourth-order valence-corrected chi connectivity index (χ4v) is 12.2. The van der Waals surface area contributed by atoms with E-state index in [1.54, 1.807) is 170 Å². The second-order valence-corrected chi connectivity index (χ2v) is 22.7. The summed E-state index contributed by atoms with van der Waals surface area (Å²) in [6.07, 6.45) is 0.740.